The molecule has 0 heterocycles. The van der Waals surface area contributed by atoms with Crippen LogP contribution in [0.3, 0.4) is 0 Å². The van der Waals surface area contributed by atoms with E-state index in [1.807, 2.05) is 0 Å². The van der Waals surface area contributed by atoms with Gasteiger partial charge < -0.3 is 5.73 Å². The van der Waals surface area contributed by atoms with E-state index in [1.165, 1.54) is 6.42 Å². The van der Waals surface area contributed by atoms with Crippen LogP contribution in [0.1, 0.15) is 12.8 Å². The molecule has 2 N–H and O–H groups in total. The molecule has 1 rings (SSSR count). The normalized spacial score (nSPS) is 24.8. The van der Waals surface area contributed by atoms with E-state index in [2.05, 4.69) is 24.3 Å². The van der Waals surface area contributed by atoms with Gasteiger partial charge >= 0.3 is 0 Å². The molecule has 0 aromatic heterocycles. The van der Waals surface area contributed by atoms with Gasteiger partial charge in [0.2, 0.25) is 0 Å². The summed E-state index contributed by atoms with van der Waals surface area (Å²) in [5.41, 5.74) is 5.40. The summed E-state index contributed by atoms with van der Waals surface area (Å²) >= 11 is 0. The summed E-state index contributed by atoms with van der Waals surface area (Å²) in [7, 11) is 0. The van der Waals surface area contributed by atoms with E-state index in [0.717, 1.165) is 13.0 Å². The van der Waals surface area contributed by atoms with Gasteiger partial charge in [0.25, 0.3) is 0 Å². The molecular weight excluding hydrogens is 110 g/mol. The van der Waals surface area contributed by atoms with Gasteiger partial charge in [0, 0.05) is 0 Å². The molecule has 50 valence electrons. The molecule has 0 aliphatic heterocycles. The maximum Gasteiger partial charge on any atom is -0.00715 e. The zero-order valence-electron chi connectivity index (χ0n) is 5.59. The number of hydrogen-bond acceptors (Lipinski definition) is 1. The highest BCUT2D eigenvalue weighted by molar-refractivity contribution is 5.10. The summed E-state index contributed by atoms with van der Waals surface area (Å²) in [6, 6.07) is 0. The van der Waals surface area contributed by atoms with Crippen LogP contribution < -0.4 is 5.73 Å². The van der Waals surface area contributed by atoms with E-state index in [1.54, 1.807) is 0 Å². The molecule has 1 heteroatoms. The molecule has 0 radical (unpaired) electrons. The molecule has 0 amide bonds. The Morgan fingerprint density at radius 2 is 2.33 bits per heavy atom. The van der Waals surface area contributed by atoms with Crippen LogP contribution in [0.2, 0.25) is 0 Å². The summed E-state index contributed by atoms with van der Waals surface area (Å²) in [5.74, 6) is 0.708. The lowest BCUT2D eigenvalue weighted by molar-refractivity contribution is 0.604. The lowest BCUT2D eigenvalue weighted by atomic mass is 9.98. The minimum atomic E-state index is 0.708. The van der Waals surface area contributed by atoms with E-state index in [4.69, 9.17) is 5.73 Å². The minimum Gasteiger partial charge on any atom is -0.330 e. The average molecular weight is 123 g/mol. The fourth-order valence-electron chi connectivity index (χ4n) is 1.06. The van der Waals surface area contributed by atoms with Crippen LogP contribution in [0.25, 0.3) is 0 Å². The van der Waals surface area contributed by atoms with E-state index in [-0.39, 0.29) is 0 Å². The molecule has 0 spiro atoms. The monoisotopic (exact) mass is 123 g/mol. The predicted octanol–water partition coefficient (Wildman–Crippen LogP) is 1.47. The average Bonchev–Trinajstić information content (AvgIpc) is 1.91. The van der Waals surface area contributed by atoms with Gasteiger partial charge in [-0.1, -0.05) is 24.3 Å². The van der Waals surface area contributed by atoms with Crippen LogP contribution in [0.15, 0.2) is 24.3 Å². The van der Waals surface area contributed by atoms with Gasteiger partial charge in [-0.25, -0.2) is 0 Å². The van der Waals surface area contributed by atoms with Crippen molar-refractivity contribution < 1.29 is 0 Å². The Hall–Kier alpha value is -0.560. The van der Waals surface area contributed by atoms with Crippen molar-refractivity contribution in [2.24, 2.45) is 11.7 Å². The van der Waals surface area contributed by atoms with Gasteiger partial charge in [-0.3, -0.25) is 0 Å². The first-order valence-corrected chi connectivity index (χ1v) is 3.47. The van der Waals surface area contributed by atoms with Gasteiger partial charge in [-0.15, -0.1) is 0 Å². The number of hydrogen-bond donors (Lipinski definition) is 1. The third-order valence-corrected chi connectivity index (χ3v) is 1.61. The van der Waals surface area contributed by atoms with Crippen molar-refractivity contribution in [1.82, 2.24) is 0 Å². The molecule has 0 fully saturated rings. The van der Waals surface area contributed by atoms with E-state index in [9.17, 15) is 0 Å². The van der Waals surface area contributed by atoms with Crippen LogP contribution in [-0.2, 0) is 0 Å². The molecule has 0 aromatic rings. The van der Waals surface area contributed by atoms with Crippen molar-refractivity contribution in [2.75, 3.05) is 6.54 Å². The quantitative estimate of drug-likeness (QED) is 0.591. The Kier molecular flexibility index (Phi) is 2.52. The molecule has 0 bridgehead atoms. The number of nitrogens with two attached hydrogens (primary N) is 1. The highest BCUT2D eigenvalue weighted by atomic mass is 14.5. The maximum absolute atomic E-state index is 5.40. The number of rotatable bonds is 2. The lowest BCUT2D eigenvalue weighted by Crippen LogP contribution is -2.06. The van der Waals surface area contributed by atoms with Crippen LogP contribution in [0.5, 0.6) is 0 Å². The van der Waals surface area contributed by atoms with Crippen LogP contribution in [0.4, 0.5) is 0 Å². The molecule has 1 aliphatic rings. The van der Waals surface area contributed by atoms with Gasteiger partial charge in [0.05, 0.1) is 0 Å². The second kappa shape index (κ2) is 3.46. The topological polar surface area (TPSA) is 26.0 Å². The van der Waals surface area contributed by atoms with E-state index >= 15 is 0 Å². The Morgan fingerprint density at radius 3 is 2.89 bits per heavy atom. The molecule has 1 aliphatic carbocycles. The second-order valence-electron chi connectivity index (χ2n) is 2.39. The molecule has 0 aromatic carbocycles. The Morgan fingerprint density at radius 1 is 1.44 bits per heavy atom. The summed E-state index contributed by atoms with van der Waals surface area (Å²) in [4.78, 5) is 0. The molecular formula is C8H13N. The van der Waals surface area contributed by atoms with E-state index in [0.29, 0.717) is 5.92 Å². The highest BCUT2D eigenvalue weighted by Crippen LogP contribution is 2.13. The van der Waals surface area contributed by atoms with Crippen molar-refractivity contribution >= 4 is 0 Å². The molecule has 1 nitrogen and oxygen atoms in total. The van der Waals surface area contributed by atoms with E-state index < -0.39 is 0 Å². The van der Waals surface area contributed by atoms with Gasteiger partial charge in [0.1, 0.15) is 0 Å². The first kappa shape index (κ1) is 6.56. The molecule has 9 heavy (non-hydrogen) atoms. The Bertz CT molecular complexity index is 125. The molecule has 0 unspecified atom stereocenters. The standard InChI is InChI=1S/C8H13N/c9-7-6-8-4-2-1-3-5-8/h1-4,8H,5-7,9H2/t8-/m0/s1. The first-order valence-electron chi connectivity index (χ1n) is 3.47. The lowest BCUT2D eigenvalue weighted by Gasteiger charge is -2.09. The summed E-state index contributed by atoms with van der Waals surface area (Å²) in [6.45, 7) is 0.808. The third-order valence-electron chi connectivity index (χ3n) is 1.61. The summed E-state index contributed by atoms with van der Waals surface area (Å²) in [6.07, 6.45) is 10.9. The smallest absolute Gasteiger partial charge is 0.00715 e. The summed E-state index contributed by atoms with van der Waals surface area (Å²) in [5, 5.41) is 0. The third kappa shape index (κ3) is 2.02. The van der Waals surface area contributed by atoms with Gasteiger partial charge in [-0.05, 0) is 25.3 Å². The Balaban J connectivity index is 2.28. The van der Waals surface area contributed by atoms with Crippen molar-refractivity contribution in [3.63, 3.8) is 0 Å². The van der Waals surface area contributed by atoms with Crippen LogP contribution in [-0.4, -0.2) is 6.54 Å². The summed E-state index contributed by atoms with van der Waals surface area (Å²) < 4.78 is 0. The zero-order chi connectivity index (χ0) is 6.53. The van der Waals surface area contributed by atoms with Crippen molar-refractivity contribution in [2.45, 2.75) is 12.8 Å². The maximum atomic E-state index is 5.40. The zero-order valence-corrected chi connectivity index (χ0v) is 5.59. The highest BCUT2D eigenvalue weighted by Gasteiger charge is 2.01. The van der Waals surface area contributed by atoms with Gasteiger partial charge in [0.15, 0.2) is 0 Å². The van der Waals surface area contributed by atoms with Crippen LogP contribution >= 0.6 is 0 Å². The van der Waals surface area contributed by atoms with Gasteiger partial charge in [-0.2, -0.15) is 0 Å². The van der Waals surface area contributed by atoms with Crippen LogP contribution in [0, 0.1) is 5.92 Å². The number of allylic oxidation sites excluding steroid dienone is 4. The SMILES string of the molecule is NCC[C@H]1C=CC=CC1. The molecule has 0 saturated heterocycles. The minimum absolute atomic E-state index is 0.708. The van der Waals surface area contributed by atoms with Crippen molar-refractivity contribution in [3.8, 4) is 0 Å². The van der Waals surface area contributed by atoms with Crippen molar-refractivity contribution in [1.29, 1.82) is 0 Å². The predicted molar refractivity (Wildman–Crippen MR) is 40.1 cm³/mol. The largest absolute Gasteiger partial charge is 0.330 e. The fraction of sp³-hybridized carbons (Fsp3) is 0.500. The molecule has 0 saturated carbocycles. The second-order valence-corrected chi connectivity index (χ2v) is 2.39. The molecule has 1 atom stereocenters. The fourth-order valence-corrected chi connectivity index (χ4v) is 1.06. The van der Waals surface area contributed by atoms with Crippen molar-refractivity contribution in [3.05, 3.63) is 24.3 Å². The Labute approximate surface area is 56.2 Å². The first-order chi connectivity index (χ1) is 4.43.